The van der Waals surface area contributed by atoms with Crippen molar-refractivity contribution in [2.75, 3.05) is 5.32 Å². The van der Waals surface area contributed by atoms with E-state index >= 15 is 0 Å². The van der Waals surface area contributed by atoms with Crippen LogP contribution in [-0.2, 0) is 6.18 Å². The van der Waals surface area contributed by atoms with E-state index in [0.717, 1.165) is 18.9 Å². The monoisotopic (exact) mass is 372 g/mol. The number of halogens is 4. The van der Waals surface area contributed by atoms with Gasteiger partial charge in [0.15, 0.2) is 5.82 Å². The van der Waals surface area contributed by atoms with Crippen molar-refractivity contribution < 1.29 is 13.2 Å². The minimum Gasteiger partial charge on any atom is -0.334 e. The third-order valence-electron chi connectivity index (χ3n) is 4.27. The van der Waals surface area contributed by atoms with Crippen LogP contribution in [0.2, 0.25) is 5.15 Å². The van der Waals surface area contributed by atoms with Crippen molar-refractivity contribution in [3.05, 3.63) is 45.2 Å². The zero-order valence-corrected chi connectivity index (χ0v) is 14.3. The smallest absolute Gasteiger partial charge is 0.334 e. The lowest BCUT2D eigenvalue weighted by Gasteiger charge is -2.17. The maximum Gasteiger partial charge on any atom is 0.433 e. The van der Waals surface area contributed by atoms with Gasteiger partial charge >= 0.3 is 6.18 Å². The predicted octanol–water partition coefficient (Wildman–Crippen LogP) is 4.33. The molecule has 0 aliphatic heterocycles. The van der Waals surface area contributed by atoms with Crippen LogP contribution in [0.25, 0.3) is 0 Å². The second-order valence-electron chi connectivity index (χ2n) is 6.15. The molecule has 1 aliphatic rings. The summed E-state index contributed by atoms with van der Waals surface area (Å²) in [5.41, 5.74) is -0.985. The number of rotatable bonds is 4. The number of nitrogens with one attached hydrogen (secondary N) is 1. The SMILES string of the molecule is Cc1nc(C(F)(F)F)ccc1Nc1nc(Cl)cn([C@H](C)C2CC2)c1=O. The fourth-order valence-electron chi connectivity index (χ4n) is 2.65. The molecule has 1 aliphatic carbocycles. The van der Waals surface area contributed by atoms with Gasteiger partial charge < -0.3 is 9.88 Å². The van der Waals surface area contributed by atoms with Gasteiger partial charge in [0.2, 0.25) is 0 Å². The van der Waals surface area contributed by atoms with Gasteiger partial charge in [-0.15, -0.1) is 0 Å². The highest BCUT2D eigenvalue weighted by Crippen LogP contribution is 2.39. The van der Waals surface area contributed by atoms with Crippen molar-refractivity contribution in [1.82, 2.24) is 14.5 Å². The first-order valence-corrected chi connectivity index (χ1v) is 8.15. The molecule has 134 valence electrons. The molecular weight excluding hydrogens is 357 g/mol. The summed E-state index contributed by atoms with van der Waals surface area (Å²) < 4.78 is 39.6. The molecular formula is C16H16ClF3N4O. The molecule has 0 radical (unpaired) electrons. The molecule has 25 heavy (non-hydrogen) atoms. The van der Waals surface area contributed by atoms with Gasteiger partial charge in [0, 0.05) is 12.2 Å². The summed E-state index contributed by atoms with van der Waals surface area (Å²) in [6, 6.07) is 2.06. The summed E-state index contributed by atoms with van der Waals surface area (Å²) in [6.07, 6.45) is -0.934. The van der Waals surface area contributed by atoms with Crippen LogP contribution in [-0.4, -0.2) is 14.5 Å². The number of aryl methyl sites for hydroxylation is 1. The van der Waals surface area contributed by atoms with Crippen LogP contribution in [0.15, 0.2) is 23.1 Å². The Morgan fingerprint density at radius 1 is 1.32 bits per heavy atom. The minimum absolute atomic E-state index is 0.0135. The first-order chi connectivity index (χ1) is 11.7. The molecule has 0 bridgehead atoms. The molecule has 1 fully saturated rings. The second kappa shape index (κ2) is 6.33. The number of nitrogens with zero attached hydrogens (tertiary/aromatic N) is 3. The highest BCUT2D eigenvalue weighted by atomic mass is 35.5. The number of hydrogen-bond acceptors (Lipinski definition) is 4. The van der Waals surface area contributed by atoms with Crippen LogP contribution in [0.4, 0.5) is 24.7 Å². The van der Waals surface area contributed by atoms with E-state index < -0.39 is 11.9 Å². The molecule has 5 nitrogen and oxygen atoms in total. The first-order valence-electron chi connectivity index (χ1n) is 7.77. The molecule has 2 aromatic rings. The normalized spacial score (nSPS) is 15.9. The molecule has 2 heterocycles. The van der Waals surface area contributed by atoms with Crippen molar-refractivity contribution in [1.29, 1.82) is 0 Å². The van der Waals surface area contributed by atoms with Crippen LogP contribution < -0.4 is 10.9 Å². The molecule has 0 saturated heterocycles. The van der Waals surface area contributed by atoms with Crippen molar-refractivity contribution in [2.24, 2.45) is 5.92 Å². The summed E-state index contributed by atoms with van der Waals surface area (Å²) >= 11 is 6.01. The molecule has 1 N–H and O–H groups in total. The van der Waals surface area contributed by atoms with E-state index in [2.05, 4.69) is 15.3 Å². The zero-order valence-electron chi connectivity index (χ0n) is 13.6. The standard InChI is InChI=1S/C16H16ClF3N4O/c1-8-11(5-6-12(21-8)16(18,19)20)22-14-15(25)24(7-13(17)23-14)9(2)10-3-4-10/h5-7,9-10H,3-4H2,1-2H3,(H,22,23)/t9-/m1/s1. The number of pyridine rings is 1. The third kappa shape index (κ3) is 3.78. The minimum atomic E-state index is -4.52. The van der Waals surface area contributed by atoms with E-state index in [1.54, 1.807) is 0 Å². The van der Waals surface area contributed by atoms with Gasteiger partial charge in [0.25, 0.3) is 5.56 Å². The number of anilines is 2. The Balaban J connectivity index is 1.94. The molecule has 9 heteroatoms. The third-order valence-corrected chi connectivity index (χ3v) is 4.46. The van der Waals surface area contributed by atoms with Gasteiger partial charge in [-0.3, -0.25) is 4.79 Å². The summed E-state index contributed by atoms with van der Waals surface area (Å²) in [7, 11) is 0. The van der Waals surface area contributed by atoms with Gasteiger partial charge in [-0.25, -0.2) is 9.97 Å². The average molecular weight is 373 g/mol. The maximum atomic E-state index is 12.7. The fraction of sp³-hybridized carbons (Fsp3) is 0.438. The average Bonchev–Trinajstić information content (AvgIpc) is 3.35. The lowest BCUT2D eigenvalue weighted by Crippen LogP contribution is -2.27. The topological polar surface area (TPSA) is 59.8 Å². The van der Waals surface area contributed by atoms with E-state index in [9.17, 15) is 18.0 Å². The molecule has 0 unspecified atom stereocenters. The maximum absolute atomic E-state index is 12.7. The molecule has 1 atom stereocenters. The van der Waals surface area contributed by atoms with Crippen molar-refractivity contribution in [3.63, 3.8) is 0 Å². The van der Waals surface area contributed by atoms with Crippen LogP contribution >= 0.6 is 11.6 Å². The van der Waals surface area contributed by atoms with Crippen LogP contribution in [0, 0.1) is 12.8 Å². The van der Waals surface area contributed by atoms with E-state index in [4.69, 9.17) is 11.6 Å². The Bertz CT molecular complexity index is 861. The molecule has 2 aromatic heterocycles. The van der Waals surface area contributed by atoms with Gasteiger partial charge in [-0.1, -0.05) is 11.6 Å². The lowest BCUT2D eigenvalue weighted by molar-refractivity contribution is -0.141. The van der Waals surface area contributed by atoms with Crippen LogP contribution in [0.3, 0.4) is 0 Å². The Kier molecular flexibility index (Phi) is 4.49. The Hall–Kier alpha value is -2.09. The number of alkyl halides is 3. The molecule has 0 spiro atoms. The summed E-state index contributed by atoms with van der Waals surface area (Å²) in [6.45, 7) is 3.36. The van der Waals surface area contributed by atoms with Gasteiger partial charge in [0.1, 0.15) is 10.8 Å². The van der Waals surface area contributed by atoms with E-state index in [1.165, 1.54) is 23.8 Å². The van der Waals surface area contributed by atoms with E-state index in [-0.39, 0.29) is 34.0 Å². The van der Waals surface area contributed by atoms with E-state index in [0.29, 0.717) is 5.92 Å². The highest BCUT2D eigenvalue weighted by molar-refractivity contribution is 6.29. The fourth-order valence-corrected chi connectivity index (χ4v) is 2.84. The van der Waals surface area contributed by atoms with E-state index in [1.807, 2.05) is 6.92 Å². The molecule has 0 amide bonds. The molecule has 3 rings (SSSR count). The zero-order chi connectivity index (χ0) is 18.4. The summed E-state index contributed by atoms with van der Waals surface area (Å²) in [5.74, 6) is 0.392. The van der Waals surface area contributed by atoms with Gasteiger partial charge in [-0.05, 0) is 44.7 Å². The highest BCUT2D eigenvalue weighted by Gasteiger charge is 2.33. The second-order valence-corrected chi connectivity index (χ2v) is 6.54. The molecule has 0 aromatic carbocycles. The van der Waals surface area contributed by atoms with Crippen LogP contribution in [0.5, 0.6) is 0 Å². The van der Waals surface area contributed by atoms with Crippen LogP contribution in [0.1, 0.15) is 37.2 Å². The largest absolute Gasteiger partial charge is 0.433 e. The predicted molar refractivity (Wildman–Crippen MR) is 88.2 cm³/mol. The van der Waals surface area contributed by atoms with Gasteiger partial charge in [-0.2, -0.15) is 13.2 Å². The first kappa shape index (κ1) is 17.7. The number of aromatic nitrogens is 3. The van der Waals surface area contributed by atoms with Crippen molar-refractivity contribution in [2.45, 2.75) is 38.9 Å². The Morgan fingerprint density at radius 3 is 2.56 bits per heavy atom. The number of hydrogen-bond donors (Lipinski definition) is 1. The summed E-state index contributed by atoms with van der Waals surface area (Å²) in [4.78, 5) is 20.1. The van der Waals surface area contributed by atoms with Crippen molar-refractivity contribution >= 4 is 23.1 Å². The molecule has 1 saturated carbocycles. The Morgan fingerprint density at radius 2 is 2.00 bits per heavy atom. The lowest BCUT2D eigenvalue weighted by atomic mass is 10.2. The summed E-state index contributed by atoms with van der Waals surface area (Å²) in [5, 5.41) is 2.89. The Labute approximate surface area is 146 Å². The van der Waals surface area contributed by atoms with Gasteiger partial charge in [0.05, 0.1) is 11.4 Å². The van der Waals surface area contributed by atoms with Crippen molar-refractivity contribution in [3.8, 4) is 0 Å². The quantitative estimate of drug-likeness (QED) is 0.867.